The number of benzene rings is 2. The Bertz CT molecular complexity index is 931. The summed E-state index contributed by atoms with van der Waals surface area (Å²) in [6.07, 6.45) is 1.94. The number of aliphatic imine (C=N–C) groups is 1. The molecule has 0 aliphatic carbocycles. The van der Waals surface area contributed by atoms with Crippen molar-refractivity contribution in [2.24, 2.45) is 4.99 Å². The standard InChI is InChI=1S/C25H31ClN4O/c1-4-14-28-15-17-30(18-16-28)24(27-23-13-8-7-12-22(23)26)20-10-9-11-21(19-20)25(31)29(5-2)6-3/h4,7-13,19H,1,5-6,14-18H2,2-3H3. The van der Waals surface area contributed by atoms with Crippen molar-refractivity contribution < 1.29 is 4.79 Å². The molecule has 164 valence electrons. The van der Waals surface area contributed by atoms with E-state index in [2.05, 4.69) is 16.4 Å². The third-order valence-corrected chi connectivity index (χ3v) is 5.88. The van der Waals surface area contributed by atoms with Gasteiger partial charge in [-0.3, -0.25) is 9.69 Å². The first kappa shape index (κ1) is 23.0. The van der Waals surface area contributed by atoms with Gasteiger partial charge in [0.25, 0.3) is 5.91 Å². The van der Waals surface area contributed by atoms with Gasteiger partial charge in [0.05, 0.1) is 10.7 Å². The Morgan fingerprint density at radius 3 is 2.39 bits per heavy atom. The molecule has 1 fully saturated rings. The fourth-order valence-electron chi connectivity index (χ4n) is 3.78. The number of amides is 1. The smallest absolute Gasteiger partial charge is 0.253 e. The number of hydrogen-bond acceptors (Lipinski definition) is 3. The van der Waals surface area contributed by atoms with E-state index in [1.807, 2.05) is 73.4 Å². The van der Waals surface area contributed by atoms with E-state index in [1.54, 1.807) is 0 Å². The summed E-state index contributed by atoms with van der Waals surface area (Å²) in [5.74, 6) is 0.889. The van der Waals surface area contributed by atoms with Gasteiger partial charge in [0.15, 0.2) is 0 Å². The molecule has 0 saturated carbocycles. The van der Waals surface area contributed by atoms with Crippen molar-refractivity contribution in [2.45, 2.75) is 13.8 Å². The molecule has 0 N–H and O–H groups in total. The molecule has 0 aromatic heterocycles. The molecule has 2 aromatic carbocycles. The lowest BCUT2D eigenvalue weighted by molar-refractivity contribution is 0.0773. The second kappa shape index (κ2) is 11.1. The van der Waals surface area contributed by atoms with Gasteiger partial charge >= 0.3 is 0 Å². The Balaban J connectivity index is 1.97. The minimum absolute atomic E-state index is 0.0414. The largest absolute Gasteiger partial charge is 0.354 e. The minimum Gasteiger partial charge on any atom is -0.354 e. The number of piperazine rings is 1. The van der Waals surface area contributed by atoms with Crippen LogP contribution < -0.4 is 0 Å². The molecule has 1 aliphatic rings. The van der Waals surface area contributed by atoms with Gasteiger partial charge in [0, 0.05) is 56.9 Å². The Labute approximate surface area is 190 Å². The third-order valence-electron chi connectivity index (χ3n) is 5.56. The molecule has 6 heteroatoms. The molecule has 0 unspecified atom stereocenters. The molecule has 0 radical (unpaired) electrons. The van der Waals surface area contributed by atoms with Crippen LogP contribution in [0.1, 0.15) is 29.8 Å². The molecule has 3 rings (SSSR count). The summed E-state index contributed by atoms with van der Waals surface area (Å²) in [6.45, 7) is 13.7. The van der Waals surface area contributed by atoms with E-state index in [0.717, 1.165) is 49.8 Å². The highest BCUT2D eigenvalue weighted by Gasteiger charge is 2.22. The monoisotopic (exact) mass is 438 g/mol. The highest BCUT2D eigenvalue weighted by molar-refractivity contribution is 6.33. The van der Waals surface area contributed by atoms with Crippen LogP contribution in [0, 0.1) is 0 Å². The second-order valence-electron chi connectivity index (χ2n) is 7.52. The Morgan fingerprint density at radius 2 is 1.74 bits per heavy atom. The van der Waals surface area contributed by atoms with E-state index in [1.165, 1.54) is 0 Å². The van der Waals surface area contributed by atoms with Crippen LogP contribution in [0.2, 0.25) is 5.02 Å². The van der Waals surface area contributed by atoms with Crippen molar-refractivity contribution in [1.82, 2.24) is 14.7 Å². The third kappa shape index (κ3) is 5.75. The summed E-state index contributed by atoms with van der Waals surface area (Å²) in [6, 6.07) is 15.4. The maximum atomic E-state index is 12.9. The molecule has 1 amide bonds. The van der Waals surface area contributed by atoms with Crippen LogP contribution in [0.3, 0.4) is 0 Å². The molecular formula is C25H31ClN4O. The number of rotatable bonds is 7. The predicted molar refractivity (Wildman–Crippen MR) is 130 cm³/mol. The topological polar surface area (TPSA) is 39.1 Å². The second-order valence-corrected chi connectivity index (χ2v) is 7.93. The van der Waals surface area contributed by atoms with Gasteiger partial charge in [0.1, 0.15) is 5.84 Å². The van der Waals surface area contributed by atoms with Crippen LogP contribution in [0.4, 0.5) is 5.69 Å². The van der Waals surface area contributed by atoms with Crippen LogP contribution in [-0.2, 0) is 0 Å². The number of amidine groups is 1. The molecular weight excluding hydrogens is 408 g/mol. The van der Waals surface area contributed by atoms with Gasteiger partial charge < -0.3 is 9.80 Å². The molecule has 0 atom stereocenters. The molecule has 1 heterocycles. The summed E-state index contributed by atoms with van der Waals surface area (Å²) in [7, 11) is 0. The number of carbonyl (C=O) groups excluding carboxylic acids is 1. The van der Waals surface area contributed by atoms with Crippen LogP contribution in [0.5, 0.6) is 0 Å². The first-order chi connectivity index (χ1) is 15.1. The van der Waals surface area contributed by atoms with Crippen LogP contribution >= 0.6 is 11.6 Å². The zero-order valence-corrected chi connectivity index (χ0v) is 19.2. The van der Waals surface area contributed by atoms with Gasteiger partial charge in [-0.05, 0) is 38.1 Å². The number of hydrogen-bond donors (Lipinski definition) is 0. The molecule has 1 aliphatic heterocycles. The van der Waals surface area contributed by atoms with E-state index in [4.69, 9.17) is 16.6 Å². The summed E-state index contributed by atoms with van der Waals surface area (Å²) < 4.78 is 0. The highest BCUT2D eigenvalue weighted by Crippen LogP contribution is 2.26. The van der Waals surface area contributed by atoms with Crippen molar-refractivity contribution in [3.05, 3.63) is 77.3 Å². The first-order valence-electron chi connectivity index (χ1n) is 10.9. The van der Waals surface area contributed by atoms with Crippen LogP contribution in [0.25, 0.3) is 0 Å². The van der Waals surface area contributed by atoms with E-state index >= 15 is 0 Å². The molecule has 5 nitrogen and oxygen atoms in total. The van der Waals surface area contributed by atoms with Crippen LogP contribution in [-0.4, -0.2) is 72.3 Å². The lowest BCUT2D eigenvalue weighted by Crippen LogP contribution is -2.48. The fourth-order valence-corrected chi connectivity index (χ4v) is 3.96. The van der Waals surface area contributed by atoms with E-state index in [9.17, 15) is 4.79 Å². The Morgan fingerprint density at radius 1 is 1.06 bits per heavy atom. The lowest BCUT2D eigenvalue weighted by Gasteiger charge is -2.36. The zero-order chi connectivity index (χ0) is 22.2. The predicted octanol–water partition coefficient (Wildman–Crippen LogP) is 4.70. The SMILES string of the molecule is C=CCN1CCN(C(=Nc2ccccc2Cl)c2cccc(C(=O)N(CC)CC)c2)CC1. The quantitative estimate of drug-likeness (QED) is 0.357. The molecule has 2 aromatic rings. The number of halogens is 1. The average Bonchev–Trinajstić information content (AvgIpc) is 2.80. The zero-order valence-electron chi connectivity index (χ0n) is 18.4. The maximum absolute atomic E-state index is 12.9. The molecule has 31 heavy (non-hydrogen) atoms. The summed E-state index contributed by atoms with van der Waals surface area (Å²) in [4.78, 5) is 24.4. The van der Waals surface area contributed by atoms with E-state index < -0.39 is 0 Å². The number of para-hydroxylation sites is 1. The van der Waals surface area contributed by atoms with Crippen molar-refractivity contribution in [3.8, 4) is 0 Å². The maximum Gasteiger partial charge on any atom is 0.253 e. The van der Waals surface area contributed by atoms with E-state index in [-0.39, 0.29) is 5.91 Å². The Kier molecular flexibility index (Phi) is 8.27. The fraction of sp³-hybridized carbons (Fsp3) is 0.360. The first-order valence-corrected chi connectivity index (χ1v) is 11.3. The van der Waals surface area contributed by atoms with Crippen molar-refractivity contribution in [1.29, 1.82) is 0 Å². The number of nitrogens with zero attached hydrogens (tertiary/aromatic N) is 4. The highest BCUT2D eigenvalue weighted by atomic mass is 35.5. The molecule has 0 spiro atoms. The Hall–Kier alpha value is -2.63. The van der Waals surface area contributed by atoms with Gasteiger partial charge in [-0.1, -0.05) is 41.9 Å². The van der Waals surface area contributed by atoms with Gasteiger partial charge in [-0.15, -0.1) is 6.58 Å². The summed E-state index contributed by atoms with van der Waals surface area (Å²) in [5.41, 5.74) is 2.33. The van der Waals surface area contributed by atoms with Crippen molar-refractivity contribution >= 4 is 29.0 Å². The van der Waals surface area contributed by atoms with Gasteiger partial charge in [0.2, 0.25) is 0 Å². The number of carbonyl (C=O) groups is 1. The molecule has 0 bridgehead atoms. The van der Waals surface area contributed by atoms with Crippen LogP contribution in [0.15, 0.2) is 66.2 Å². The normalized spacial score (nSPS) is 15.1. The van der Waals surface area contributed by atoms with E-state index in [0.29, 0.717) is 23.7 Å². The summed E-state index contributed by atoms with van der Waals surface area (Å²) >= 11 is 6.41. The average molecular weight is 439 g/mol. The van der Waals surface area contributed by atoms with Crippen molar-refractivity contribution in [2.75, 3.05) is 45.8 Å². The van der Waals surface area contributed by atoms with Crippen molar-refractivity contribution in [3.63, 3.8) is 0 Å². The van der Waals surface area contributed by atoms with Gasteiger partial charge in [-0.25, -0.2) is 4.99 Å². The van der Waals surface area contributed by atoms with Gasteiger partial charge in [-0.2, -0.15) is 0 Å². The minimum atomic E-state index is 0.0414. The lowest BCUT2D eigenvalue weighted by atomic mass is 10.1. The molecule has 1 saturated heterocycles. The summed E-state index contributed by atoms with van der Waals surface area (Å²) in [5, 5.41) is 0.612.